The van der Waals surface area contributed by atoms with Gasteiger partial charge in [-0.25, -0.2) is 9.50 Å². The Hall–Kier alpha value is -2.06. The fourth-order valence-electron chi connectivity index (χ4n) is 2.19. The van der Waals surface area contributed by atoms with Crippen molar-refractivity contribution in [2.45, 2.75) is 19.4 Å². The molecule has 8 heteroatoms. The lowest BCUT2D eigenvalue weighted by molar-refractivity contribution is 0.0379. The average molecular weight is 293 g/mol. The van der Waals surface area contributed by atoms with E-state index in [-0.39, 0.29) is 19.1 Å². The Morgan fingerprint density at radius 1 is 1.52 bits per heavy atom. The zero-order valence-electron chi connectivity index (χ0n) is 12.4. The first-order valence-corrected chi connectivity index (χ1v) is 6.68. The van der Waals surface area contributed by atoms with Crippen molar-refractivity contribution in [2.75, 3.05) is 27.3 Å². The number of carbonyl (C=O) groups is 1. The molecular weight excluding hydrogens is 274 g/mol. The second-order valence-electron chi connectivity index (χ2n) is 4.74. The van der Waals surface area contributed by atoms with Gasteiger partial charge in [-0.1, -0.05) is 6.92 Å². The molecule has 2 aromatic rings. The van der Waals surface area contributed by atoms with Crippen LogP contribution in [0.4, 0.5) is 0 Å². The smallest absolute Gasteiger partial charge is 0.257 e. The van der Waals surface area contributed by atoms with Crippen molar-refractivity contribution in [1.82, 2.24) is 24.5 Å². The topological polar surface area (TPSA) is 92.9 Å². The van der Waals surface area contributed by atoms with Gasteiger partial charge in [-0.2, -0.15) is 10.1 Å². The van der Waals surface area contributed by atoms with E-state index in [1.807, 2.05) is 6.92 Å². The van der Waals surface area contributed by atoms with E-state index in [0.717, 1.165) is 5.69 Å². The number of aliphatic hydroxyl groups is 1. The summed E-state index contributed by atoms with van der Waals surface area (Å²) >= 11 is 0. The van der Waals surface area contributed by atoms with Crippen LogP contribution < -0.4 is 0 Å². The summed E-state index contributed by atoms with van der Waals surface area (Å²) in [6.45, 7) is 2.30. The maximum Gasteiger partial charge on any atom is 0.257 e. The third-order valence-corrected chi connectivity index (χ3v) is 3.16. The summed E-state index contributed by atoms with van der Waals surface area (Å²) in [6.07, 6.45) is 2.81. The summed E-state index contributed by atoms with van der Waals surface area (Å²) in [5.41, 5.74) is 1.21. The molecule has 0 aliphatic carbocycles. The Bertz CT molecular complexity index is 627. The number of ether oxygens (including phenoxy) is 1. The van der Waals surface area contributed by atoms with E-state index >= 15 is 0 Å². The number of rotatable bonds is 6. The van der Waals surface area contributed by atoms with Gasteiger partial charge in [0.15, 0.2) is 0 Å². The van der Waals surface area contributed by atoms with E-state index in [1.165, 1.54) is 24.5 Å². The summed E-state index contributed by atoms with van der Waals surface area (Å²) in [5, 5.41) is 13.8. The zero-order chi connectivity index (χ0) is 15.4. The van der Waals surface area contributed by atoms with Crippen molar-refractivity contribution >= 4 is 11.7 Å². The third kappa shape index (κ3) is 3.17. The quantitative estimate of drug-likeness (QED) is 0.790. The molecule has 1 amide bonds. The Morgan fingerprint density at radius 3 is 2.95 bits per heavy atom. The van der Waals surface area contributed by atoms with Crippen LogP contribution in [0.15, 0.2) is 12.5 Å². The molecule has 2 rings (SSSR count). The predicted molar refractivity (Wildman–Crippen MR) is 75.0 cm³/mol. The number of carbonyl (C=O) groups excluding carboxylic acids is 1. The molecule has 1 atom stereocenters. The molecular formula is C13H19N5O3. The minimum Gasteiger partial charge on any atom is -0.389 e. The van der Waals surface area contributed by atoms with Crippen LogP contribution in [0, 0.1) is 0 Å². The van der Waals surface area contributed by atoms with Gasteiger partial charge in [0.05, 0.1) is 24.0 Å². The first-order chi connectivity index (χ1) is 10.1. The molecule has 2 heterocycles. The second-order valence-corrected chi connectivity index (χ2v) is 4.74. The standard InChI is InChI=1S/C13H19N5O3/c1-4-11-10(5-14-13-15-8-16-18(11)13)12(20)17(2)6-9(19)7-21-3/h5,8-9,19H,4,6-7H2,1-3H3. The van der Waals surface area contributed by atoms with Crippen molar-refractivity contribution in [2.24, 2.45) is 0 Å². The van der Waals surface area contributed by atoms with Gasteiger partial charge in [-0.15, -0.1) is 0 Å². The van der Waals surface area contributed by atoms with Gasteiger partial charge in [0.2, 0.25) is 0 Å². The number of amides is 1. The molecule has 0 saturated carbocycles. The number of aryl methyl sites for hydroxylation is 1. The fraction of sp³-hybridized carbons (Fsp3) is 0.538. The lowest BCUT2D eigenvalue weighted by atomic mass is 10.1. The molecule has 114 valence electrons. The summed E-state index contributed by atoms with van der Waals surface area (Å²) in [5.74, 6) is 0.248. The Kier molecular flexibility index (Phi) is 4.81. The highest BCUT2D eigenvalue weighted by molar-refractivity contribution is 5.95. The summed E-state index contributed by atoms with van der Waals surface area (Å²) < 4.78 is 6.42. The van der Waals surface area contributed by atoms with Crippen molar-refractivity contribution in [3.63, 3.8) is 0 Å². The molecule has 8 nitrogen and oxygen atoms in total. The van der Waals surface area contributed by atoms with Gasteiger partial charge in [-0.3, -0.25) is 4.79 Å². The molecule has 0 bridgehead atoms. The molecule has 1 unspecified atom stereocenters. The molecule has 1 N–H and O–H groups in total. The van der Waals surface area contributed by atoms with Crippen LogP contribution in [0.2, 0.25) is 0 Å². The number of hydrogen-bond donors (Lipinski definition) is 1. The molecule has 2 aromatic heterocycles. The van der Waals surface area contributed by atoms with Crippen LogP contribution in [0.25, 0.3) is 5.78 Å². The second kappa shape index (κ2) is 6.59. The maximum atomic E-state index is 12.5. The highest BCUT2D eigenvalue weighted by atomic mass is 16.5. The lowest BCUT2D eigenvalue weighted by Crippen LogP contribution is -2.37. The number of aliphatic hydroxyl groups excluding tert-OH is 1. The number of nitrogens with zero attached hydrogens (tertiary/aromatic N) is 5. The van der Waals surface area contributed by atoms with Gasteiger partial charge in [0.25, 0.3) is 11.7 Å². The molecule has 0 fully saturated rings. The molecule has 0 spiro atoms. The number of hydrogen-bond acceptors (Lipinski definition) is 6. The molecule has 0 aromatic carbocycles. The monoisotopic (exact) mass is 293 g/mol. The Labute approximate surface area is 122 Å². The van der Waals surface area contributed by atoms with E-state index in [0.29, 0.717) is 17.8 Å². The van der Waals surface area contributed by atoms with E-state index < -0.39 is 6.10 Å². The number of likely N-dealkylation sites (N-methyl/N-ethyl adjacent to an activating group) is 1. The highest BCUT2D eigenvalue weighted by Crippen LogP contribution is 2.12. The van der Waals surface area contributed by atoms with Crippen LogP contribution >= 0.6 is 0 Å². The van der Waals surface area contributed by atoms with Crippen molar-refractivity contribution < 1.29 is 14.6 Å². The van der Waals surface area contributed by atoms with Gasteiger partial charge in [0.1, 0.15) is 6.33 Å². The predicted octanol–water partition coefficient (Wildman–Crippen LogP) is -0.234. The van der Waals surface area contributed by atoms with Gasteiger partial charge >= 0.3 is 0 Å². The van der Waals surface area contributed by atoms with Crippen LogP contribution in [0.3, 0.4) is 0 Å². The highest BCUT2D eigenvalue weighted by Gasteiger charge is 2.20. The van der Waals surface area contributed by atoms with Gasteiger partial charge in [-0.05, 0) is 6.42 Å². The Balaban J connectivity index is 2.26. The average Bonchev–Trinajstić information content (AvgIpc) is 2.93. The SMILES string of the molecule is CCc1c(C(=O)N(C)CC(O)COC)cnc2ncnn12. The normalized spacial score (nSPS) is 12.6. The van der Waals surface area contributed by atoms with E-state index in [9.17, 15) is 9.90 Å². The molecule has 0 aliphatic heterocycles. The van der Waals surface area contributed by atoms with Gasteiger partial charge in [0, 0.05) is 26.9 Å². The van der Waals surface area contributed by atoms with Crippen molar-refractivity contribution in [3.05, 3.63) is 23.8 Å². The summed E-state index contributed by atoms with van der Waals surface area (Å²) in [4.78, 5) is 22.1. The van der Waals surface area contributed by atoms with Crippen LogP contribution in [0.5, 0.6) is 0 Å². The Morgan fingerprint density at radius 2 is 2.29 bits per heavy atom. The largest absolute Gasteiger partial charge is 0.389 e. The molecule has 0 saturated heterocycles. The first-order valence-electron chi connectivity index (χ1n) is 6.68. The lowest BCUT2D eigenvalue weighted by Gasteiger charge is -2.21. The minimum atomic E-state index is -0.725. The zero-order valence-corrected chi connectivity index (χ0v) is 12.4. The number of methoxy groups -OCH3 is 1. The summed E-state index contributed by atoms with van der Waals surface area (Å²) in [7, 11) is 3.13. The van der Waals surface area contributed by atoms with Crippen molar-refractivity contribution in [3.8, 4) is 0 Å². The van der Waals surface area contributed by atoms with Crippen LogP contribution in [-0.2, 0) is 11.2 Å². The van der Waals surface area contributed by atoms with E-state index in [4.69, 9.17) is 4.74 Å². The molecule has 0 aliphatic rings. The fourth-order valence-corrected chi connectivity index (χ4v) is 2.19. The first kappa shape index (κ1) is 15.3. The van der Waals surface area contributed by atoms with E-state index in [2.05, 4.69) is 15.1 Å². The van der Waals surface area contributed by atoms with Crippen LogP contribution in [-0.4, -0.2) is 68.9 Å². The minimum absolute atomic E-state index is 0.179. The van der Waals surface area contributed by atoms with Crippen molar-refractivity contribution in [1.29, 1.82) is 0 Å². The van der Waals surface area contributed by atoms with Crippen LogP contribution in [0.1, 0.15) is 23.0 Å². The van der Waals surface area contributed by atoms with E-state index in [1.54, 1.807) is 11.6 Å². The number of aromatic nitrogens is 4. The number of fused-ring (bicyclic) bond motifs is 1. The van der Waals surface area contributed by atoms with Gasteiger partial charge < -0.3 is 14.7 Å². The molecule has 21 heavy (non-hydrogen) atoms. The maximum absolute atomic E-state index is 12.5. The summed E-state index contributed by atoms with van der Waals surface area (Å²) in [6, 6.07) is 0. The third-order valence-electron chi connectivity index (χ3n) is 3.16. The molecule has 0 radical (unpaired) electrons.